The quantitative estimate of drug-likeness (QED) is 0.872. The number of para-hydroxylation sites is 1. The second-order valence-electron chi connectivity index (χ2n) is 6.95. The molecule has 1 heterocycles. The number of nitrogens with one attached hydrogen (secondary N) is 2. The Morgan fingerprint density at radius 2 is 1.96 bits per heavy atom. The first-order valence-corrected chi connectivity index (χ1v) is 9.06. The Hall–Kier alpha value is -3.02. The van der Waals surface area contributed by atoms with Crippen LogP contribution in [0.3, 0.4) is 0 Å². The van der Waals surface area contributed by atoms with Crippen molar-refractivity contribution in [2.45, 2.75) is 25.9 Å². The van der Waals surface area contributed by atoms with Gasteiger partial charge in [-0.15, -0.1) is 0 Å². The lowest BCUT2D eigenvalue weighted by molar-refractivity contribution is 0.0827. The molecule has 0 radical (unpaired) electrons. The number of benzene rings is 2. The fourth-order valence-corrected chi connectivity index (χ4v) is 3.09. The molecule has 0 aliphatic carbocycles. The second-order valence-corrected chi connectivity index (χ2v) is 6.95. The van der Waals surface area contributed by atoms with Crippen molar-refractivity contribution < 1.29 is 14.3 Å². The first-order valence-electron chi connectivity index (χ1n) is 9.06. The standard InChI is InChI=1S/C21H25N3O3/c1-14-12-16(20(25)24(2)3)9-11-18(14)23-21(26)22-13-17-10-8-15-6-4-5-7-19(15)27-17/h4-7,9,11-12,17H,8,10,13H2,1-3H3,(H2,22,23,26)/t17-/m1/s1. The van der Waals surface area contributed by atoms with Crippen LogP contribution >= 0.6 is 0 Å². The summed E-state index contributed by atoms with van der Waals surface area (Å²) in [4.78, 5) is 25.8. The zero-order valence-electron chi connectivity index (χ0n) is 15.9. The predicted octanol–water partition coefficient (Wildman–Crippen LogP) is 3.21. The van der Waals surface area contributed by atoms with E-state index in [1.807, 2.05) is 25.1 Å². The fourth-order valence-electron chi connectivity index (χ4n) is 3.09. The molecule has 3 amide bonds. The van der Waals surface area contributed by atoms with Crippen LogP contribution in [0.5, 0.6) is 5.75 Å². The average molecular weight is 367 g/mol. The van der Waals surface area contributed by atoms with Crippen LogP contribution in [0.2, 0.25) is 0 Å². The molecule has 0 saturated heterocycles. The van der Waals surface area contributed by atoms with Crippen molar-refractivity contribution in [1.82, 2.24) is 10.2 Å². The summed E-state index contributed by atoms with van der Waals surface area (Å²) in [7, 11) is 3.42. The molecule has 0 unspecified atom stereocenters. The van der Waals surface area contributed by atoms with Crippen LogP contribution in [0.15, 0.2) is 42.5 Å². The lowest BCUT2D eigenvalue weighted by Crippen LogP contribution is -2.39. The first-order chi connectivity index (χ1) is 12.9. The Balaban J connectivity index is 1.53. The number of carbonyl (C=O) groups is 2. The van der Waals surface area contributed by atoms with Gasteiger partial charge < -0.3 is 20.3 Å². The molecule has 142 valence electrons. The molecule has 6 heteroatoms. The molecule has 6 nitrogen and oxygen atoms in total. The molecule has 2 aromatic rings. The van der Waals surface area contributed by atoms with E-state index in [-0.39, 0.29) is 18.0 Å². The van der Waals surface area contributed by atoms with Crippen molar-refractivity contribution in [3.8, 4) is 5.75 Å². The summed E-state index contributed by atoms with van der Waals surface area (Å²) in [6.45, 7) is 2.31. The number of aryl methyl sites for hydroxylation is 2. The summed E-state index contributed by atoms with van der Waals surface area (Å²) in [6, 6.07) is 12.9. The molecule has 0 spiro atoms. The van der Waals surface area contributed by atoms with Crippen molar-refractivity contribution in [3.63, 3.8) is 0 Å². The third kappa shape index (κ3) is 4.58. The summed E-state index contributed by atoms with van der Waals surface area (Å²) in [5.74, 6) is 0.830. The van der Waals surface area contributed by atoms with E-state index in [1.165, 1.54) is 10.5 Å². The Kier molecular flexibility index (Phi) is 5.64. The van der Waals surface area contributed by atoms with E-state index in [4.69, 9.17) is 4.74 Å². The van der Waals surface area contributed by atoms with E-state index >= 15 is 0 Å². The number of hydrogen-bond donors (Lipinski definition) is 2. The van der Waals surface area contributed by atoms with Gasteiger partial charge in [0.1, 0.15) is 11.9 Å². The normalized spacial score (nSPS) is 15.3. The van der Waals surface area contributed by atoms with Gasteiger partial charge in [0.05, 0.1) is 6.54 Å². The number of urea groups is 1. The molecule has 1 atom stereocenters. The van der Waals surface area contributed by atoms with E-state index in [1.54, 1.807) is 32.3 Å². The number of nitrogens with zero attached hydrogens (tertiary/aromatic N) is 1. The molecule has 1 aliphatic heterocycles. The van der Waals surface area contributed by atoms with E-state index in [0.29, 0.717) is 17.8 Å². The topological polar surface area (TPSA) is 70.7 Å². The van der Waals surface area contributed by atoms with Crippen LogP contribution in [-0.4, -0.2) is 43.6 Å². The van der Waals surface area contributed by atoms with Gasteiger partial charge in [-0.3, -0.25) is 4.79 Å². The Bertz CT molecular complexity index is 848. The van der Waals surface area contributed by atoms with Crippen LogP contribution in [-0.2, 0) is 6.42 Å². The van der Waals surface area contributed by atoms with Crippen LogP contribution in [0.25, 0.3) is 0 Å². The van der Waals surface area contributed by atoms with Crippen molar-refractivity contribution in [3.05, 3.63) is 59.2 Å². The summed E-state index contributed by atoms with van der Waals surface area (Å²) in [5, 5.41) is 5.70. The number of rotatable bonds is 4. The monoisotopic (exact) mass is 367 g/mol. The lowest BCUT2D eigenvalue weighted by atomic mass is 10.0. The highest BCUT2D eigenvalue weighted by Crippen LogP contribution is 2.26. The smallest absolute Gasteiger partial charge is 0.319 e. The molecule has 0 bridgehead atoms. The number of amides is 3. The van der Waals surface area contributed by atoms with E-state index in [9.17, 15) is 9.59 Å². The zero-order valence-corrected chi connectivity index (χ0v) is 15.9. The highest BCUT2D eigenvalue weighted by Gasteiger charge is 2.20. The minimum absolute atomic E-state index is 0.0353. The summed E-state index contributed by atoms with van der Waals surface area (Å²) in [5.41, 5.74) is 3.32. The molecular formula is C21H25N3O3. The van der Waals surface area contributed by atoms with Gasteiger partial charge in [-0.25, -0.2) is 4.79 Å². The molecule has 1 aliphatic rings. The maximum Gasteiger partial charge on any atom is 0.319 e. The summed E-state index contributed by atoms with van der Waals surface area (Å²) >= 11 is 0. The maximum absolute atomic E-state index is 12.2. The predicted molar refractivity (Wildman–Crippen MR) is 105 cm³/mol. The molecule has 0 fully saturated rings. The third-order valence-electron chi connectivity index (χ3n) is 4.62. The second kappa shape index (κ2) is 8.12. The lowest BCUT2D eigenvalue weighted by Gasteiger charge is -2.26. The van der Waals surface area contributed by atoms with Gasteiger partial charge in [-0.05, 0) is 55.2 Å². The van der Waals surface area contributed by atoms with Crippen molar-refractivity contribution in [2.75, 3.05) is 26.0 Å². The molecule has 2 aromatic carbocycles. The molecule has 3 rings (SSSR count). The third-order valence-corrected chi connectivity index (χ3v) is 4.62. The maximum atomic E-state index is 12.2. The van der Waals surface area contributed by atoms with E-state index in [0.717, 1.165) is 24.2 Å². The number of carbonyl (C=O) groups excluding carboxylic acids is 2. The molecule has 2 N–H and O–H groups in total. The summed E-state index contributed by atoms with van der Waals surface area (Å²) in [6.07, 6.45) is 1.79. The van der Waals surface area contributed by atoms with Crippen LogP contribution in [0, 0.1) is 6.92 Å². The van der Waals surface area contributed by atoms with E-state index in [2.05, 4.69) is 16.7 Å². The Morgan fingerprint density at radius 1 is 1.19 bits per heavy atom. The SMILES string of the molecule is Cc1cc(C(=O)N(C)C)ccc1NC(=O)NC[C@H]1CCc2ccccc2O1. The average Bonchev–Trinajstić information content (AvgIpc) is 2.67. The fraction of sp³-hybridized carbons (Fsp3) is 0.333. The molecular weight excluding hydrogens is 342 g/mol. The van der Waals surface area contributed by atoms with Gasteiger partial charge in [-0.1, -0.05) is 18.2 Å². The minimum Gasteiger partial charge on any atom is -0.488 e. The largest absolute Gasteiger partial charge is 0.488 e. The first kappa shape index (κ1) is 18.8. The van der Waals surface area contributed by atoms with Crippen LogP contribution in [0.1, 0.15) is 27.9 Å². The van der Waals surface area contributed by atoms with Gasteiger partial charge in [-0.2, -0.15) is 0 Å². The van der Waals surface area contributed by atoms with Crippen molar-refractivity contribution in [1.29, 1.82) is 0 Å². The highest BCUT2D eigenvalue weighted by molar-refractivity contribution is 5.96. The molecule has 0 aromatic heterocycles. The van der Waals surface area contributed by atoms with E-state index < -0.39 is 0 Å². The highest BCUT2D eigenvalue weighted by atomic mass is 16.5. The van der Waals surface area contributed by atoms with Gasteiger partial charge in [0.25, 0.3) is 5.91 Å². The van der Waals surface area contributed by atoms with Crippen LogP contribution in [0.4, 0.5) is 10.5 Å². The van der Waals surface area contributed by atoms with Gasteiger partial charge >= 0.3 is 6.03 Å². The van der Waals surface area contributed by atoms with Gasteiger partial charge in [0.2, 0.25) is 0 Å². The van der Waals surface area contributed by atoms with Crippen LogP contribution < -0.4 is 15.4 Å². The molecule has 27 heavy (non-hydrogen) atoms. The number of ether oxygens (including phenoxy) is 1. The van der Waals surface area contributed by atoms with Gasteiger partial charge in [0, 0.05) is 25.3 Å². The Morgan fingerprint density at radius 3 is 2.70 bits per heavy atom. The minimum atomic E-state index is -0.285. The van der Waals surface area contributed by atoms with Crippen molar-refractivity contribution in [2.24, 2.45) is 0 Å². The van der Waals surface area contributed by atoms with Crippen molar-refractivity contribution >= 4 is 17.6 Å². The summed E-state index contributed by atoms with van der Waals surface area (Å²) < 4.78 is 5.94. The number of fused-ring (bicyclic) bond motifs is 1. The zero-order chi connectivity index (χ0) is 19.4. The Labute approximate surface area is 159 Å². The van der Waals surface area contributed by atoms with Gasteiger partial charge in [0.15, 0.2) is 0 Å². The molecule has 0 saturated carbocycles. The number of hydrogen-bond acceptors (Lipinski definition) is 3. The number of anilines is 1.